The highest BCUT2D eigenvalue weighted by Crippen LogP contribution is 2.35. The van der Waals surface area contributed by atoms with Crippen LogP contribution in [-0.4, -0.2) is 31.6 Å². The van der Waals surface area contributed by atoms with Gasteiger partial charge in [-0.25, -0.2) is 0 Å². The zero-order valence-electron chi connectivity index (χ0n) is 12.6. The van der Waals surface area contributed by atoms with E-state index in [0.29, 0.717) is 12.6 Å². The average Bonchev–Trinajstić information content (AvgIpc) is 3.29. The van der Waals surface area contributed by atoms with Gasteiger partial charge in [-0.1, -0.05) is 17.9 Å². The third kappa shape index (κ3) is 3.75. The van der Waals surface area contributed by atoms with Crippen LogP contribution in [0, 0.1) is 17.8 Å². The second-order valence-electron chi connectivity index (χ2n) is 5.53. The van der Waals surface area contributed by atoms with Gasteiger partial charge in [-0.05, 0) is 50.4 Å². The van der Waals surface area contributed by atoms with Crippen molar-refractivity contribution in [3.05, 3.63) is 29.3 Å². The van der Waals surface area contributed by atoms with E-state index in [0.717, 1.165) is 23.8 Å². The Morgan fingerprint density at radius 2 is 2.20 bits per heavy atom. The molecule has 1 atom stereocenters. The Balaban J connectivity index is 2.11. The summed E-state index contributed by atoms with van der Waals surface area (Å²) in [6.45, 7) is 3.63. The molecule has 1 aliphatic rings. The van der Waals surface area contributed by atoms with Gasteiger partial charge in [0.2, 0.25) is 0 Å². The number of benzene rings is 1. The molecule has 0 radical (unpaired) electrons. The van der Waals surface area contributed by atoms with Gasteiger partial charge in [0.15, 0.2) is 0 Å². The van der Waals surface area contributed by atoms with Crippen molar-refractivity contribution < 1.29 is 4.74 Å². The molecule has 0 spiro atoms. The van der Waals surface area contributed by atoms with Gasteiger partial charge in [0.05, 0.1) is 19.2 Å². The van der Waals surface area contributed by atoms with Gasteiger partial charge in [-0.2, -0.15) is 0 Å². The lowest BCUT2D eigenvalue weighted by Gasteiger charge is -2.24. The van der Waals surface area contributed by atoms with E-state index >= 15 is 0 Å². The molecule has 0 bridgehead atoms. The number of nitrogens with two attached hydrogens (primary N) is 1. The molecular weight excluding hydrogens is 248 g/mol. The highest BCUT2D eigenvalue weighted by atomic mass is 16.5. The number of nitrogens with zero attached hydrogens (tertiary/aromatic N) is 1. The molecule has 0 aromatic heterocycles. The maximum Gasteiger partial charge on any atom is 0.134 e. The molecule has 2 N–H and O–H groups in total. The molecule has 0 saturated heterocycles. The summed E-state index contributed by atoms with van der Waals surface area (Å²) >= 11 is 0. The lowest BCUT2D eigenvalue weighted by Crippen LogP contribution is -2.30. The van der Waals surface area contributed by atoms with Crippen molar-refractivity contribution in [1.82, 2.24) is 4.90 Å². The van der Waals surface area contributed by atoms with E-state index in [1.807, 2.05) is 6.07 Å². The normalized spacial score (nSPS) is 15.7. The molecule has 1 fully saturated rings. The van der Waals surface area contributed by atoms with Crippen molar-refractivity contribution in [2.45, 2.75) is 32.4 Å². The summed E-state index contributed by atoms with van der Waals surface area (Å²) < 4.78 is 5.34. The van der Waals surface area contributed by atoms with Crippen molar-refractivity contribution in [2.24, 2.45) is 11.7 Å². The molecule has 1 aromatic rings. The molecule has 2 rings (SSSR count). The molecular formula is C17H24N2O. The minimum atomic E-state index is 0.367. The zero-order chi connectivity index (χ0) is 14.5. The van der Waals surface area contributed by atoms with Gasteiger partial charge in [0, 0.05) is 12.6 Å². The summed E-state index contributed by atoms with van der Waals surface area (Å²) in [4.78, 5) is 2.42. The Bertz CT molecular complexity index is 511. The Kier molecular flexibility index (Phi) is 5.05. The minimum Gasteiger partial charge on any atom is -0.495 e. The topological polar surface area (TPSA) is 38.5 Å². The van der Waals surface area contributed by atoms with E-state index < -0.39 is 0 Å². The highest BCUT2D eigenvalue weighted by molar-refractivity contribution is 5.48. The van der Waals surface area contributed by atoms with Crippen LogP contribution in [0.4, 0.5) is 0 Å². The number of hydrogen-bond donors (Lipinski definition) is 1. The molecule has 1 aromatic carbocycles. The van der Waals surface area contributed by atoms with Crippen LogP contribution in [0.2, 0.25) is 0 Å². The monoisotopic (exact) mass is 272 g/mol. The van der Waals surface area contributed by atoms with E-state index in [9.17, 15) is 0 Å². The molecule has 0 aliphatic heterocycles. The van der Waals surface area contributed by atoms with E-state index in [1.54, 1.807) is 7.11 Å². The third-order valence-electron chi connectivity index (χ3n) is 4.02. The summed E-state index contributed by atoms with van der Waals surface area (Å²) in [5.41, 5.74) is 7.63. The molecule has 0 amide bonds. The predicted octanol–water partition coefficient (Wildman–Crippen LogP) is 2.24. The maximum absolute atomic E-state index is 5.44. The number of methoxy groups -OCH3 is 1. The smallest absolute Gasteiger partial charge is 0.134 e. The summed E-state index contributed by atoms with van der Waals surface area (Å²) in [6.07, 6.45) is 2.75. The zero-order valence-corrected chi connectivity index (χ0v) is 12.6. The predicted molar refractivity (Wildman–Crippen MR) is 82.6 cm³/mol. The Hall–Kier alpha value is -1.50. The van der Waals surface area contributed by atoms with Crippen LogP contribution in [0.1, 0.15) is 30.9 Å². The van der Waals surface area contributed by atoms with Crippen LogP contribution in [0.25, 0.3) is 0 Å². The first-order chi connectivity index (χ1) is 9.65. The third-order valence-corrected chi connectivity index (χ3v) is 4.02. The number of ether oxygens (including phenoxy) is 1. The fourth-order valence-corrected chi connectivity index (χ4v) is 2.47. The fraction of sp³-hybridized carbons (Fsp3) is 0.529. The molecule has 0 heterocycles. The van der Waals surface area contributed by atoms with E-state index in [4.69, 9.17) is 10.5 Å². The van der Waals surface area contributed by atoms with Crippen molar-refractivity contribution in [3.63, 3.8) is 0 Å². The van der Waals surface area contributed by atoms with Crippen molar-refractivity contribution >= 4 is 0 Å². The van der Waals surface area contributed by atoms with Crippen molar-refractivity contribution in [2.75, 3.05) is 20.7 Å². The Labute approximate surface area is 122 Å². The summed E-state index contributed by atoms with van der Waals surface area (Å²) in [5.74, 6) is 7.67. The molecule has 1 unspecified atom stereocenters. The lowest BCUT2D eigenvalue weighted by atomic mass is 10.1. The SMILES string of the molecule is COc1ccc(CN(C)C(C)C2CC2)cc1C#CCN. The molecule has 20 heavy (non-hydrogen) atoms. The van der Waals surface area contributed by atoms with Crippen LogP contribution in [0.3, 0.4) is 0 Å². The summed E-state index contributed by atoms with van der Waals surface area (Å²) in [5, 5.41) is 0. The van der Waals surface area contributed by atoms with Crippen LogP contribution >= 0.6 is 0 Å². The van der Waals surface area contributed by atoms with E-state index in [2.05, 4.69) is 42.8 Å². The van der Waals surface area contributed by atoms with Crippen molar-refractivity contribution in [3.8, 4) is 17.6 Å². The van der Waals surface area contributed by atoms with E-state index in [-0.39, 0.29) is 0 Å². The summed E-state index contributed by atoms with van der Waals surface area (Å²) in [6, 6.07) is 6.86. The van der Waals surface area contributed by atoms with Gasteiger partial charge in [-0.15, -0.1) is 0 Å². The Morgan fingerprint density at radius 3 is 2.80 bits per heavy atom. The van der Waals surface area contributed by atoms with Crippen LogP contribution in [0.5, 0.6) is 5.75 Å². The van der Waals surface area contributed by atoms with Crippen LogP contribution < -0.4 is 10.5 Å². The van der Waals surface area contributed by atoms with E-state index in [1.165, 1.54) is 18.4 Å². The fourth-order valence-electron chi connectivity index (χ4n) is 2.47. The number of hydrogen-bond acceptors (Lipinski definition) is 3. The second-order valence-corrected chi connectivity index (χ2v) is 5.53. The first kappa shape index (κ1) is 14.9. The molecule has 108 valence electrons. The van der Waals surface area contributed by atoms with Gasteiger partial charge in [0.25, 0.3) is 0 Å². The standard InChI is InChI=1S/C17H24N2O/c1-13(15-7-8-15)19(2)12-14-6-9-17(20-3)16(11-14)5-4-10-18/h6,9,11,13,15H,7-8,10,12,18H2,1-3H3. The second kappa shape index (κ2) is 6.78. The lowest BCUT2D eigenvalue weighted by molar-refractivity contribution is 0.226. The molecule has 1 aliphatic carbocycles. The summed E-state index contributed by atoms with van der Waals surface area (Å²) in [7, 11) is 3.86. The first-order valence-electron chi connectivity index (χ1n) is 7.21. The van der Waals surface area contributed by atoms with Gasteiger partial charge < -0.3 is 10.5 Å². The molecule has 3 heteroatoms. The molecule has 1 saturated carbocycles. The first-order valence-corrected chi connectivity index (χ1v) is 7.21. The van der Waals surface area contributed by atoms with Gasteiger partial charge in [-0.3, -0.25) is 4.90 Å². The quantitative estimate of drug-likeness (QED) is 0.835. The minimum absolute atomic E-state index is 0.367. The average molecular weight is 272 g/mol. The largest absolute Gasteiger partial charge is 0.495 e. The molecule has 3 nitrogen and oxygen atoms in total. The van der Waals surface area contributed by atoms with Crippen LogP contribution in [0.15, 0.2) is 18.2 Å². The number of rotatable bonds is 5. The van der Waals surface area contributed by atoms with Crippen LogP contribution in [-0.2, 0) is 6.54 Å². The Morgan fingerprint density at radius 1 is 1.45 bits per heavy atom. The van der Waals surface area contributed by atoms with Gasteiger partial charge in [0.1, 0.15) is 5.75 Å². The van der Waals surface area contributed by atoms with Gasteiger partial charge >= 0.3 is 0 Å². The van der Waals surface area contributed by atoms with Crippen molar-refractivity contribution in [1.29, 1.82) is 0 Å². The highest BCUT2D eigenvalue weighted by Gasteiger charge is 2.30. The maximum atomic E-state index is 5.44.